The molecule has 0 aliphatic carbocycles. The fourth-order valence-electron chi connectivity index (χ4n) is 1.89. The lowest BCUT2D eigenvalue weighted by atomic mass is 10.1. The summed E-state index contributed by atoms with van der Waals surface area (Å²) in [6.45, 7) is 0. The summed E-state index contributed by atoms with van der Waals surface area (Å²) in [5.41, 5.74) is 7.12. The molecular weight excluding hydrogens is 223 g/mol. The summed E-state index contributed by atoms with van der Waals surface area (Å²) < 4.78 is 14.9. The molecule has 0 amide bonds. The number of rotatable bonds is 3. The summed E-state index contributed by atoms with van der Waals surface area (Å²) in [5.74, 6) is -1.35. The Morgan fingerprint density at radius 1 is 1.53 bits per heavy atom. The summed E-state index contributed by atoms with van der Waals surface area (Å²) in [7, 11) is 1.81. The number of aliphatic carboxylic acids is 1. The van der Waals surface area contributed by atoms with Gasteiger partial charge in [0.15, 0.2) is 0 Å². The fraction of sp³-hybridized carbons (Fsp3) is 0.250. The Bertz CT molecular complexity index is 577. The normalized spacial score (nSPS) is 12.9. The number of carboxylic acid groups (broad SMARTS) is 1. The minimum absolute atomic E-state index is 0.224. The third kappa shape index (κ3) is 2.14. The van der Waals surface area contributed by atoms with E-state index in [1.54, 1.807) is 12.1 Å². The zero-order chi connectivity index (χ0) is 12.6. The Hall–Kier alpha value is -1.88. The number of aromatic nitrogens is 1. The number of halogens is 1. The first-order valence-corrected chi connectivity index (χ1v) is 5.21. The van der Waals surface area contributed by atoms with Gasteiger partial charge in [-0.3, -0.25) is 4.79 Å². The third-order valence-corrected chi connectivity index (χ3v) is 2.85. The molecule has 0 saturated heterocycles. The highest BCUT2D eigenvalue weighted by atomic mass is 19.1. The molecule has 0 aliphatic rings. The van der Waals surface area contributed by atoms with E-state index in [9.17, 15) is 9.18 Å². The SMILES string of the molecule is Cn1c(CC(N)C(=O)O)cc2cc(F)ccc21. The lowest BCUT2D eigenvalue weighted by molar-refractivity contribution is -0.138. The molecule has 1 unspecified atom stereocenters. The van der Waals surface area contributed by atoms with Crippen molar-refractivity contribution in [2.75, 3.05) is 0 Å². The molecule has 0 saturated carbocycles. The Morgan fingerprint density at radius 3 is 2.88 bits per heavy atom. The molecule has 17 heavy (non-hydrogen) atoms. The number of fused-ring (bicyclic) bond motifs is 1. The first-order chi connectivity index (χ1) is 7.99. The van der Waals surface area contributed by atoms with Gasteiger partial charge in [-0.25, -0.2) is 4.39 Å². The van der Waals surface area contributed by atoms with Crippen molar-refractivity contribution in [1.82, 2.24) is 4.57 Å². The molecule has 2 aromatic rings. The summed E-state index contributed by atoms with van der Waals surface area (Å²) in [4.78, 5) is 10.7. The molecule has 0 spiro atoms. The second-order valence-electron chi connectivity index (χ2n) is 4.05. The minimum atomic E-state index is -1.04. The van der Waals surface area contributed by atoms with Crippen molar-refractivity contribution in [3.05, 3.63) is 35.8 Å². The van der Waals surface area contributed by atoms with Crippen LogP contribution in [0.3, 0.4) is 0 Å². The van der Waals surface area contributed by atoms with Crippen LogP contribution in [0.1, 0.15) is 5.69 Å². The number of nitrogens with zero attached hydrogens (tertiary/aromatic N) is 1. The predicted molar refractivity (Wildman–Crippen MR) is 62.2 cm³/mol. The van der Waals surface area contributed by atoms with Crippen molar-refractivity contribution in [2.45, 2.75) is 12.5 Å². The van der Waals surface area contributed by atoms with E-state index in [0.29, 0.717) is 0 Å². The quantitative estimate of drug-likeness (QED) is 0.843. The van der Waals surface area contributed by atoms with Crippen LogP contribution in [0.2, 0.25) is 0 Å². The van der Waals surface area contributed by atoms with E-state index in [1.807, 2.05) is 11.6 Å². The smallest absolute Gasteiger partial charge is 0.320 e. The average Bonchev–Trinajstić information content (AvgIpc) is 2.55. The minimum Gasteiger partial charge on any atom is -0.480 e. The zero-order valence-electron chi connectivity index (χ0n) is 9.35. The van der Waals surface area contributed by atoms with Gasteiger partial charge in [0.1, 0.15) is 11.9 Å². The van der Waals surface area contributed by atoms with Crippen LogP contribution >= 0.6 is 0 Å². The topological polar surface area (TPSA) is 68.2 Å². The number of nitrogens with two attached hydrogens (primary N) is 1. The van der Waals surface area contributed by atoms with Gasteiger partial charge in [0.25, 0.3) is 0 Å². The number of hydrogen-bond acceptors (Lipinski definition) is 2. The van der Waals surface area contributed by atoms with Gasteiger partial charge in [0.05, 0.1) is 0 Å². The van der Waals surface area contributed by atoms with Gasteiger partial charge < -0.3 is 15.4 Å². The molecular formula is C12H13FN2O2. The van der Waals surface area contributed by atoms with E-state index in [4.69, 9.17) is 10.8 Å². The van der Waals surface area contributed by atoms with Crippen LogP contribution in [-0.4, -0.2) is 21.7 Å². The molecule has 0 radical (unpaired) electrons. The molecule has 0 fully saturated rings. The summed E-state index contributed by atoms with van der Waals surface area (Å²) in [6, 6.07) is 5.29. The monoisotopic (exact) mass is 236 g/mol. The lowest BCUT2D eigenvalue weighted by Crippen LogP contribution is -2.32. The maximum atomic E-state index is 13.0. The fourth-order valence-corrected chi connectivity index (χ4v) is 1.89. The van der Waals surface area contributed by atoms with Crippen LogP contribution < -0.4 is 5.73 Å². The molecule has 4 nitrogen and oxygen atoms in total. The van der Waals surface area contributed by atoms with Gasteiger partial charge in [0, 0.05) is 30.1 Å². The van der Waals surface area contributed by atoms with Crippen molar-refractivity contribution in [3.8, 4) is 0 Å². The molecule has 90 valence electrons. The summed E-state index contributed by atoms with van der Waals surface area (Å²) >= 11 is 0. The van der Waals surface area contributed by atoms with Crippen molar-refractivity contribution in [3.63, 3.8) is 0 Å². The predicted octanol–water partition coefficient (Wildman–Crippen LogP) is 1.27. The zero-order valence-corrected chi connectivity index (χ0v) is 9.35. The number of carboxylic acids is 1. The Balaban J connectivity index is 2.42. The van der Waals surface area contributed by atoms with Crippen molar-refractivity contribution in [2.24, 2.45) is 12.8 Å². The van der Waals surface area contributed by atoms with E-state index < -0.39 is 12.0 Å². The Morgan fingerprint density at radius 2 is 2.24 bits per heavy atom. The standard InChI is InChI=1S/C12H13FN2O2/c1-15-9(6-10(14)12(16)17)5-7-4-8(13)2-3-11(7)15/h2-5,10H,6,14H2,1H3,(H,16,17). The Kier molecular flexibility index (Phi) is 2.85. The average molecular weight is 236 g/mol. The molecule has 3 N–H and O–H groups in total. The number of aryl methyl sites for hydroxylation is 1. The van der Waals surface area contributed by atoms with Crippen molar-refractivity contribution < 1.29 is 14.3 Å². The first-order valence-electron chi connectivity index (χ1n) is 5.21. The van der Waals surface area contributed by atoms with Crippen LogP contribution in [0, 0.1) is 5.82 Å². The highest BCUT2D eigenvalue weighted by molar-refractivity contribution is 5.82. The molecule has 1 atom stereocenters. The maximum Gasteiger partial charge on any atom is 0.320 e. The van der Waals surface area contributed by atoms with E-state index >= 15 is 0 Å². The van der Waals surface area contributed by atoms with Crippen LogP contribution in [0.15, 0.2) is 24.3 Å². The number of hydrogen-bond donors (Lipinski definition) is 2. The van der Waals surface area contributed by atoms with Crippen LogP contribution in [0.25, 0.3) is 10.9 Å². The van der Waals surface area contributed by atoms with E-state index in [1.165, 1.54) is 12.1 Å². The molecule has 5 heteroatoms. The van der Waals surface area contributed by atoms with Crippen molar-refractivity contribution in [1.29, 1.82) is 0 Å². The second-order valence-corrected chi connectivity index (χ2v) is 4.05. The molecule has 1 aromatic heterocycles. The van der Waals surface area contributed by atoms with Gasteiger partial charge in [0.2, 0.25) is 0 Å². The third-order valence-electron chi connectivity index (χ3n) is 2.85. The number of carbonyl (C=O) groups is 1. The number of benzene rings is 1. The van der Waals surface area contributed by atoms with Gasteiger partial charge in [-0.05, 0) is 24.3 Å². The molecule has 2 rings (SSSR count). The van der Waals surface area contributed by atoms with Gasteiger partial charge >= 0.3 is 5.97 Å². The van der Waals surface area contributed by atoms with Gasteiger partial charge in [-0.2, -0.15) is 0 Å². The van der Waals surface area contributed by atoms with E-state index in [2.05, 4.69) is 0 Å². The summed E-state index contributed by atoms with van der Waals surface area (Å²) in [5, 5.41) is 9.51. The molecule has 0 aliphatic heterocycles. The molecule has 1 aromatic carbocycles. The van der Waals surface area contributed by atoms with Gasteiger partial charge in [-0.1, -0.05) is 0 Å². The second kappa shape index (κ2) is 4.18. The van der Waals surface area contributed by atoms with Crippen molar-refractivity contribution >= 4 is 16.9 Å². The van der Waals surface area contributed by atoms with E-state index in [0.717, 1.165) is 16.6 Å². The molecule has 0 bridgehead atoms. The highest BCUT2D eigenvalue weighted by Crippen LogP contribution is 2.20. The molecule has 1 heterocycles. The van der Waals surface area contributed by atoms with Crippen LogP contribution in [-0.2, 0) is 18.3 Å². The maximum absolute atomic E-state index is 13.0. The lowest BCUT2D eigenvalue weighted by Gasteiger charge is -2.07. The van der Waals surface area contributed by atoms with Crippen LogP contribution in [0.4, 0.5) is 4.39 Å². The highest BCUT2D eigenvalue weighted by Gasteiger charge is 2.15. The Labute approximate surface area is 97.5 Å². The van der Waals surface area contributed by atoms with E-state index in [-0.39, 0.29) is 12.2 Å². The van der Waals surface area contributed by atoms with Crippen LogP contribution in [0.5, 0.6) is 0 Å². The first kappa shape index (κ1) is 11.6. The van der Waals surface area contributed by atoms with Gasteiger partial charge in [-0.15, -0.1) is 0 Å². The largest absolute Gasteiger partial charge is 0.480 e. The summed E-state index contributed by atoms with van der Waals surface area (Å²) in [6.07, 6.45) is 0.224.